The van der Waals surface area contributed by atoms with Gasteiger partial charge in [0.05, 0.1) is 16.8 Å². The van der Waals surface area contributed by atoms with Crippen LogP contribution in [0.4, 0.5) is 11.4 Å². The number of imide groups is 1. The van der Waals surface area contributed by atoms with Crippen molar-refractivity contribution in [3.63, 3.8) is 0 Å². The third kappa shape index (κ3) is 2.68. The van der Waals surface area contributed by atoms with Crippen molar-refractivity contribution < 1.29 is 19.1 Å². The molecule has 6 heteroatoms. The highest BCUT2D eigenvalue weighted by atomic mass is 16.5. The molecular formula is C20H18N2O4. The quantitative estimate of drug-likeness (QED) is 0.864. The molecule has 132 valence electrons. The number of ether oxygens (including phenoxy) is 1. The highest BCUT2D eigenvalue weighted by molar-refractivity contribution is 6.34. The maximum atomic E-state index is 12.6. The van der Waals surface area contributed by atoms with E-state index in [1.807, 2.05) is 6.92 Å². The lowest BCUT2D eigenvalue weighted by atomic mass is 10.1. The first-order valence-corrected chi connectivity index (χ1v) is 8.57. The Morgan fingerprint density at radius 1 is 1.12 bits per heavy atom. The number of carbonyl (C=O) groups is 3. The number of rotatable bonds is 3. The number of carbonyl (C=O) groups excluding carboxylic acids is 3. The first-order valence-electron chi connectivity index (χ1n) is 8.57. The van der Waals surface area contributed by atoms with Crippen molar-refractivity contribution in [3.8, 4) is 0 Å². The number of aryl methyl sites for hydroxylation is 1. The van der Waals surface area contributed by atoms with Crippen LogP contribution in [0.1, 0.15) is 39.1 Å². The Morgan fingerprint density at radius 3 is 2.42 bits per heavy atom. The molecule has 0 bridgehead atoms. The molecule has 0 aromatic heterocycles. The fourth-order valence-corrected chi connectivity index (χ4v) is 3.31. The van der Waals surface area contributed by atoms with Crippen LogP contribution in [0.2, 0.25) is 0 Å². The third-order valence-electron chi connectivity index (χ3n) is 4.75. The normalized spacial score (nSPS) is 19.0. The van der Waals surface area contributed by atoms with E-state index in [0.29, 0.717) is 35.5 Å². The maximum Gasteiger partial charge on any atom is 0.266 e. The molecule has 1 unspecified atom stereocenters. The minimum Gasteiger partial charge on any atom is -0.368 e. The van der Waals surface area contributed by atoms with Crippen LogP contribution in [0.15, 0.2) is 42.5 Å². The number of nitrogens with zero attached hydrogens (tertiary/aromatic N) is 1. The number of nitrogens with one attached hydrogen (secondary N) is 1. The summed E-state index contributed by atoms with van der Waals surface area (Å²) in [5.74, 6) is -0.915. The predicted molar refractivity (Wildman–Crippen MR) is 96.4 cm³/mol. The molecule has 1 atom stereocenters. The van der Waals surface area contributed by atoms with Gasteiger partial charge in [-0.05, 0) is 49.6 Å². The Bertz CT molecular complexity index is 881. The second-order valence-corrected chi connectivity index (χ2v) is 6.48. The van der Waals surface area contributed by atoms with Gasteiger partial charge >= 0.3 is 0 Å². The fourth-order valence-electron chi connectivity index (χ4n) is 3.31. The molecule has 4 rings (SSSR count). The van der Waals surface area contributed by atoms with Crippen molar-refractivity contribution in [1.82, 2.24) is 0 Å². The topological polar surface area (TPSA) is 75.7 Å². The van der Waals surface area contributed by atoms with Gasteiger partial charge < -0.3 is 10.1 Å². The van der Waals surface area contributed by atoms with Gasteiger partial charge in [-0.15, -0.1) is 0 Å². The van der Waals surface area contributed by atoms with Gasteiger partial charge in [0.15, 0.2) is 0 Å². The average molecular weight is 350 g/mol. The molecule has 0 spiro atoms. The SMILES string of the molecule is Cc1ccc(N2C(=O)c3ccccc3C2=O)cc1NC(=O)C1CCCO1. The Hall–Kier alpha value is -2.99. The molecule has 26 heavy (non-hydrogen) atoms. The first kappa shape index (κ1) is 16.5. The lowest BCUT2D eigenvalue weighted by Crippen LogP contribution is -2.30. The molecule has 2 heterocycles. The zero-order valence-electron chi connectivity index (χ0n) is 14.3. The summed E-state index contributed by atoms with van der Waals surface area (Å²) < 4.78 is 5.40. The summed E-state index contributed by atoms with van der Waals surface area (Å²) >= 11 is 0. The van der Waals surface area contributed by atoms with Crippen LogP contribution in [0, 0.1) is 6.92 Å². The molecule has 2 aromatic carbocycles. The van der Waals surface area contributed by atoms with E-state index in [1.165, 1.54) is 0 Å². The number of benzene rings is 2. The molecule has 2 aromatic rings. The lowest BCUT2D eigenvalue weighted by molar-refractivity contribution is -0.124. The summed E-state index contributed by atoms with van der Waals surface area (Å²) in [5, 5.41) is 2.85. The molecule has 1 fully saturated rings. The van der Waals surface area contributed by atoms with Crippen molar-refractivity contribution in [1.29, 1.82) is 0 Å². The minimum atomic E-state index is -0.447. The van der Waals surface area contributed by atoms with E-state index in [1.54, 1.807) is 42.5 Å². The minimum absolute atomic E-state index is 0.204. The van der Waals surface area contributed by atoms with Crippen molar-refractivity contribution in [3.05, 3.63) is 59.2 Å². The summed E-state index contributed by atoms with van der Waals surface area (Å²) in [6.07, 6.45) is 1.12. The summed E-state index contributed by atoms with van der Waals surface area (Å²) in [6.45, 7) is 2.45. The maximum absolute atomic E-state index is 12.6. The van der Waals surface area contributed by atoms with E-state index in [0.717, 1.165) is 16.9 Å². The zero-order valence-corrected chi connectivity index (χ0v) is 14.3. The Balaban J connectivity index is 1.63. The number of anilines is 2. The fraction of sp³-hybridized carbons (Fsp3) is 0.250. The smallest absolute Gasteiger partial charge is 0.266 e. The largest absolute Gasteiger partial charge is 0.368 e. The third-order valence-corrected chi connectivity index (χ3v) is 4.75. The molecule has 3 amide bonds. The Labute approximate surface area is 150 Å². The van der Waals surface area contributed by atoms with Crippen molar-refractivity contribution in [2.75, 3.05) is 16.8 Å². The second kappa shape index (κ2) is 6.38. The molecular weight excluding hydrogens is 332 g/mol. The highest BCUT2D eigenvalue weighted by Crippen LogP contribution is 2.31. The van der Waals surface area contributed by atoms with Gasteiger partial charge in [-0.3, -0.25) is 14.4 Å². The van der Waals surface area contributed by atoms with Gasteiger partial charge in [0.25, 0.3) is 17.7 Å². The highest BCUT2D eigenvalue weighted by Gasteiger charge is 2.36. The van der Waals surface area contributed by atoms with Gasteiger partial charge in [0, 0.05) is 12.3 Å². The molecule has 2 aliphatic heterocycles. The van der Waals surface area contributed by atoms with Crippen LogP contribution in [-0.2, 0) is 9.53 Å². The lowest BCUT2D eigenvalue weighted by Gasteiger charge is -2.18. The molecule has 0 saturated carbocycles. The zero-order chi connectivity index (χ0) is 18.3. The second-order valence-electron chi connectivity index (χ2n) is 6.48. The monoisotopic (exact) mass is 350 g/mol. The van der Waals surface area contributed by atoms with Crippen molar-refractivity contribution >= 4 is 29.1 Å². The predicted octanol–water partition coefficient (Wildman–Crippen LogP) is 2.91. The number of fused-ring (bicyclic) bond motifs is 1. The summed E-state index contributed by atoms with van der Waals surface area (Å²) in [6, 6.07) is 11.9. The molecule has 6 nitrogen and oxygen atoms in total. The van der Waals surface area contributed by atoms with E-state index in [9.17, 15) is 14.4 Å². The van der Waals surface area contributed by atoms with E-state index in [4.69, 9.17) is 4.74 Å². The first-order chi connectivity index (χ1) is 12.6. The number of hydrogen-bond acceptors (Lipinski definition) is 4. The Morgan fingerprint density at radius 2 is 1.81 bits per heavy atom. The Kier molecular flexibility index (Phi) is 4.05. The number of hydrogen-bond donors (Lipinski definition) is 1. The van der Waals surface area contributed by atoms with Gasteiger partial charge in [0.1, 0.15) is 6.10 Å². The molecule has 0 radical (unpaired) electrons. The molecule has 1 N–H and O–H groups in total. The number of amides is 3. The summed E-state index contributed by atoms with van der Waals surface area (Å²) in [4.78, 5) is 38.7. The van der Waals surface area contributed by atoms with Gasteiger partial charge in [-0.25, -0.2) is 4.90 Å². The van der Waals surface area contributed by atoms with Crippen LogP contribution in [0.3, 0.4) is 0 Å². The van der Waals surface area contributed by atoms with E-state index < -0.39 is 6.10 Å². The van der Waals surface area contributed by atoms with Crippen LogP contribution < -0.4 is 10.2 Å². The van der Waals surface area contributed by atoms with E-state index in [-0.39, 0.29) is 17.7 Å². The average Bonchev–Trinajstić information content (AvgIpc) is 3.26. The van der Waals surface area contributed by atoms with Crippen LogP contribution in [-0.4, -0.2) is 30.4 Å². The van der Waals surface area contributed by atoms with Crippen LogP contribution in [0.5, 0.6) is 0 Å². The standard InChI is InChI=1S/C20H18N2O4/c1-12-8-9-13(11-16(12)21-18(23)17-7-4-10-26-17)22-19(24)14-5-2-3-6-15(14)20(22)25/h2-3,5-6,8-9,11,17H,4,7,10H2,1H3,(H,21,23). The molecule has 1 saturated heterocycles. The van der Waals surface area contributed by atoms with Gasteiger partial charge in [-0.2, -0.15) is 0 Å². The van der Waals surface area contributed by atoms with Gasteiger partial charge in [-0.1, -0.05) is 18.2 Å². The van der Waals surface area contributed by atoms with Crippen LogP contribution in [0.25, 0.3) is 0 Å². The molecule has 0 aliphatic carbocycles. The molecule has 2 aliphatic rings. The van der Waals surface area contributed by atoms with Crippen molar-refractivity contribution in [2.45, 2.75) is 25.9 Å². The van der Waals surface area contributed by atoms with E-state index in [2.05, 4.69) is 5.32 Å². The van der Waals surface area contributed by atoms with E-state index >= 15 is 0 Å². The summed E-state index contributed by atoms with van der Waals surface area (Å²) in [7, 11) is 0. The van der Waals surface area contributed by atoms with Crippen LogP contribution >= 0.6 is 0 Å². The summed E-state index contributed by atoms with van der Waals surface area (Å²) in [5.41, 5.74) is 2.63. The van der Waals surface area contributed by atoms with Gasteiger partial charge in [0.2, 0.25) is 0 Å². The van der Waals surface area contributed by atoms with Crippen molar-refractivity contribution in [2.24, 2.45) is 0 Å².